The van der Waals surface area contributed by atoms with Gasteiger partial charge in [0.1, 0.15) is 11.6 Å². The van der Waals surface area contributed by atoms with Gasteiger partial charge in [0.05, 0.1) is 5.92 Å². The maximum Gasteiger partial charge on any atom is 0.149 e. The molecule has 14 heavy (non-hydrogen) atoms. The monoisotopic (exact) mass is 192 g/mol. The van der Waals surface area contributed by atoms with Crippen LogP contribution >= 0.6 is 0 Å². The van der Waals surface area contributed by atoms with Crippen molar-refractivity contribution < 1.29 is 9.59 Å². The van der Waals surface area contributed by atoms with E-state index < -0.39 is 0 Å². The summed E-state index contributed by atoms with van der Waals surface area (Å²) < 4.78 is 0. The maximum absolute atomic E-state index is 12.2. The summed E-state index contributed by atoms with van der Waals surface area (Å²) in [5, 5.41) is 0. The molecule has 2 nitrogen and oxygen atoms in total. The Kier molecular flexibility index (Phi) is 1.65. The molecule has 2 heteroatoms. The quantitative estimate of drug-likeness (QED) is 0.551. The summed E-state index contributed by atoms with van der Waals surface area (Å²) >= 11 is 0. The van der Waals surface area contributed by atoms with Gasteiger partial charge in [-0.3, -0.25) is 9.59 Å². The van der Waals surface area contributed by atoms with Gasteiger partial charge in [0.25, 0.3) is 0 Å². The van der Waals surface area contributed by atoms with Crippen molar-refractivity contribution in [3.05, 3.63) is 0 Å². The van der Waals surface area contributed by atoms with Crippen LogP contribution in [-0.2, 0) is 9.59 Å². The van der Waals surface area contributed by atoms with E-state index in [1.165, 1.54) is 0 Å². The fraction of sp³-hybridized carbons (Fsp3) is 0.833. The Hall–Kier alpha value is -0.660. The normalized spacial score (nSPS) is 46.6. The fourth-order valence-corrected chi connectivity index (χ4v) is 4.01. The molecular formula is C12H16O2. The summed E-state index contributed by atoms with van der Waals surface area (Å²) in [6, 6.07) is 0. The second-order valence-electron chi connectivity index (χ2n) is 5.22. The van der Waals surface area contributed by atoms with Crippen molar-refractivity contribution in [3.8, 4) is 0 Å². The minimum atomic E-state index is -0.196. The minimum Gasteiger partial charge on any atom is -0.299 e. The number of carbonyl (C=O) groups excluding carboxylic acids is 2. The molecule has 0 radical (unpaired) electrons. The number of hydrogen-bond donors (Lipinski definition) is 0. The molecule has 0 N–H and O–H groups in total. The van der Waals surface area contributed by atoms with Crippen molar-refractivity contribution in [3.63, 3.8) is 0 Å². The molecule has 0 aliphatic heterocycles. The fourth-order valence-electron chi connectivity index (χ4n) is 4.01. The second-order valence-corrected chi connectivity index (χ2v) is 5.22. The van der Waals surface area contributed by atoms with E-state index in [4.69, 9.17) is 0 Å². The summed E-state index contributed by atoms with van der Waals surface area (Å²) in [4.78, 5) is 23.9. The molecule has 2 bridgehead atoms. The maximum atomic E-state index is 12.2. The highest BCUT2D eigenvalue weighted by molar-refractivity contribution is 6.08. The van der Waals surface area contributed by atoms with Gasteiger partial charge in [0.2, 0.25) is 0 Å². The molecule has 0 heterocycles. The molecule has 0 amide bonds. The lowest BCUT2D eigenvalue weighted by molar-refractivity contribution is -0.151. The number of carbonyl (C=O) groups is 2. The van der Waals surface area contributed by atoms with Gasteiger partial charge in [-0.1, -0.05) is 12.8 Å². The molecule has 3 rings (SSSR count). The van der Waals surface area contributed by atoms with Crippen LogP contribution in [0.25, 0.3) is 0 Å². The smallest absolute Gasteiger partial charge is 0.149 e. The lowest BCUT2D eigenvalue weighted by Gasteiger charge is -2.44. The van der Waals surface area contributed by atoms with E-state index in [0.29, 0.717) is 18.1 Å². The molecule has 0 unspecified atom stereocenters. The molecule has 3 atom stereocenters. The van der Waals surface area contributed by atoms with E-state index in [-0.39, 0.29) is 17.1 Å². The molecule has 0 aromatic rings. The average Bonchev–Trinajstić information content (AvgIpc) is 2.52. The van der Waals surface area contributed by atoms with Gasteiger partial charge in [-0.2, -0.15) is 0 Å². The van der Waals surface area contributed by atoms with E-state index in [2.05, 4.69) is 0 Å². The van der Waals surface area contributed by atoms with Crippen LogP contribution in [0.2, 0.25) is 0 Å². The zero-order valence-corrected chi connectivity index (χ0v) is 8.42. The largest absolute Gasteiger partial charge is 0.299 e. The topological polar surface area (TPSA) is 34.1 Å². The third-order valence-corrected chi connectivity index (χ3v) is 4.72. The first kappa shape index (κ1) is 8.63. The molecule has 3 saturated carbocycles. The number of Topliss-reactive ketones (excluding diaryl/α,β-unsaturated/α-hetero) is 2. The highest BCUT2D eigenvalue weighted by Gasteiger charge is 2.57. The van der Waals surface area contributed by atoms with Gasteiger partial charge in [-0.15, -0.1) is 0 Å². The van der Waals surface area contributed by atoms with Crippen LogP contribution in [0.5, 0.6) is 0 Å². The van der Waals surface area contributed by atoms with Crippen LogP contribution in [0.3, 0.4) is 0 Å². The standard InChI is InChI=1S/C12H16O2/c13-10-7-8-3-1-5-12(8)6-2-4-9(10)11(12)14/h8-9H,1-7H2/t8-,9-,12+/m0/s1. The Bertz CT molecular complexity index is 307. The van der Waals surface area contributed by atoms with Crippen LogP contribution in [0, 0.1) is 17.3 Å². The minimum absolute atomic E-state index is 0.0309. The lowest BCUT2D eigenvalue weighted by atomic mass is 9.57. The van der Waals surface area contributed by atoms with Gasteiger partial charge in [0, 0.05) is 11.8 Å². The summed E-state index contributed by atoms with van der Waals surface area (Å²) in [6.45, 7) is 0. The molecule has 1 spiro atoms. The molecule has 0 aromatic carbocycles. The van der Waals surface area contributed by atoms with Gasteiger partial charge in [0.15, 0.2) is 0 Å². The number of rotatable bonds is 0. The number of fused-ring (bicyclic) bond motifs is 1. The molecule has 3 aliphatic carbocycles. The van der Waals surface area contributed by atoms with Crippen molar-refractivity contribution in [2.45, 2.75) is 44.9 Å². The predicted octanol–water partition coefficient (Wildman–Crippen LogP) is 2.11. The van der Waals surface area contributed by atoms with Crippen LogP contribution in [0.4, 0.5) is 0 Å². The van der Waals surface area contributed by atoms with Crippen LogP contribution in [-0.4, -0.2) is 11.6 Å². The molecule has 3 fully saturated rings. The van der Waals surface area contributed by atoms with Crippen molar-refractivity contribution in [1.29, 1.82) is 0 Å². The van der Waals surface area contributed by atoms with E-state index in [1.54, 1.807) is 0 Å². The molecule has 3 aliphatic rings. The Balaban J connectivity index is 2.04. The molecular weight excluding hydrogens is 176 g/mol. The summed E-state index contributed by atoms with van der Waals surface area (Å²) in [5.74, 6) is 0.789. The molecule has 0 aromatic heterocycles. The van der Waals surface area contributed by atoms with Crippen molar-refractivity contribution in [1.82, 2.24) is 0 Å². The van der Waals surface area contributed by atoms with Crippen molar-refractivity contribution >= 4 is 11.6 Å². The summed E-state index contributed by atoms with van der Waals surface area (Å²) in [6.07, 6.45) is 7.06. The van der Waals surface area contributed by atoms with Gasteiger partial charge in [-0.05, 0) is 31.6 Å². The third-order valence-electron chi connectivity index (χ3n) is 4.72. The highest BCUT2D eigenvalue weighted by atomic mass is 16.2. The van der Waals surface area contributed by atoms with Gasteiger partial charge >= 0.3 is 0 Å². The van der Waals surface area contributed by atoms with Crippen molar-refractivity contribution in [2.24, 2.45) is 17.3 Å². The van der Waals surface area contributed by atoms with E-state index in [0.717, 1.165) is 38.5 Å². The summed E-state index contributed by atoms with van der Waals surface area (Å²) in [7, 11) is 0. The Morgan fingerprint density at radius 1 is 1.07 bits per heavy atom. The first-order valence-electron chi connectivity index (χ1n) is 5.81. The SMILES string of the molecule is O=C1C[C@@H]2CCC[C@@]23CCC[C@@H]1C3=O. The van der Waals surface area contributed by atoms with Crippen LogP contribution < -0.4 is 0 Å². The van der Waals surface area contributed by atoms with Crippen LogP contribution in [0.1, 0.15) is 44.9 Å². The van der Waals surface area contributed by atoms with Gasteiger partial charge in [-0.25, -0.2) is 0 Å². The second kappa shape index (κ2) is 2.68. The number of hydrogen-bond acceptors (Lipinski definition) is 2. The van der Waals surface area contributed by atoms with E-state index >= 15 is 0 Å². The number of ketones is 2. The average molecular weight is 192 g/mol. The van der Waals surface area contributed by atoms with Crippen molar-refractivity contribution in [2.75, 3.05) is 0 Å². The zero-order valence-electron chi connectivity index (χ0n) is 8.42. The van der Waals surface area contributed by atoms with E-state index in [9.17, 15) is 9.59 Å². The zero-order chi connectivity index (χ0) is 9.76. The first-order valence-corrected chi connectivity index (χ1v) is 5.81. The highest BCUT2D eigenvalue weighted by Crippen LogP contribution is 2.56. The first-order chi connectivity index (χ1) is 6.74. The Morgan fingerprint density at radius 3 is 2.57 bits per heavy atom. The summed E-state index contributed by atoms with van der Waals surface area (Å²) in [5.41, 5.74) is -0.0309. The molecule has 0 saturated heterocycles. The molecule has 76 valence electrons. The Labute approximate surface area is 84.1 Å². The third kappa shape index (κ3) is 0.870. The lowest BCUT2D eigenvalue weighted by Crippen LogP contribution is -2.50. The van der Waals surface area contributed by atoms with Gasteiger partial charge < -0.3 is 0 Å². The predicted molar refractivity (Wildman–Crippen MR) is 51.7 cm³/mol. The van der Waals surface area contributed by atoms with Crippen LogP contribution in [0.15, 0.2) is 0 Å². The Morgan fingerprint density at radius 2 is 1.79 bits per heavy atom. The van der Waals surface area contributed by atoms with E-state index in [1.807, 2.05) is 0 Å².